The van der Waals surface area contributed by atoms with Gasteiger partial charge in [-0.15, -0.1) is 0 Å². The molecule has 0 radical (unpaired) electrons. The summed E-state index contributed by atoms with van der Waals surface area (Å²) < 4.78 is 5.92. The summed E-state index contributed by atoms with van der Waals surface area (Å²) in [7, 11) is 2.15. The van der Waals surface area contributed by atoms with Crippen molar-refractivity contribution >= 4 is 0 Å². The Morgan fingerprint density at radius 1 is 1.50 bits per heavy atom. The molecule has 1 aromatic rings. The Morgan fingerprint density at radius 3 is 3.11 bits per heavy atom. The highest BCUT2D eigenvalue weighted by Gasteiger charge is 2.31. The highest BCUT2D eigenvalue weighted by molar-refractivity contribution is 5.11. The highest BCUT2D eigenvalue weighted by Crippen LogP contribution is 2.26. The SMILES string of the molecule is CCCNCC1OCCN(C)C1c1ccccn1. The average Bonchev–Trinajstić information content (AvgIpc) is 2.40. The van der Waals surface area contributed by atoms with Crippen LogP contribution in [0.4, 0.5) is 0 Å². The van der Waals surface area contributed by atoms with E-state index in [0.29, 0.717) is 0 Å². The summed E-state index contributed by atoms with van der Waals surface area (Å²) in [5.74, 6) is 0. The zero-order valence-electron chi connectivity index (χ0n) is 11.3. The van der Waals surface area contributed by atoms with Gasteiger partial charge in [-0.3, -0.25) is 9.88 Å². The molecule has 4 heteroatoms. The molecule has 1 N–H and O–H groups in total. The molecular formula is C14H23N3O. The van der Waals surface area contributed by atoms with Crippen LogP contribution in [0.2, 0.25) is 0 Å². The molecule has 0 bridgehead atoms. The molecule has 4 nitrogen and oxygen atoms in total. The van der Waals surface area contributed by atoms with E-state index in [1.54, 1.807) is 0 Å². The van der Waals surface area contributed by atoms with Gasteiger partial charge in [-0.1, -0.05) is 13.0 Å². The van der Waals surface area contributed by atoms with Gasteiger partial charge in [0.05, 0.1) is 24.4 Å². The van der Waals surface area contributed by atoms with E-state index >= 15 is 0 Å². The molecule has 1 aromatic heterocycles. The number of pyridine rings is 1. The van der Waals surface area contributed by atoms with Gasteiger partial charge in [0.1, 0.15) is 0 Å². The zero-order valence-corrected chi connectivity index (χ0v) is 11.3. The van der Waals surface area contributed by atoms with Crippen molar-refractivity contribution < 1.29 is 4.74 Å². The number of hydrogen-bond acceptors (Lipinski definition) is 4. The van der Waals surface area contributed by atoms with Crippen molar-refractivity contribution in [3.63, 3.8) is 0 Å². The third kappa shape index (κ3) is 3.28. The minimum Gasteiger partial charge on any atom is -0.374 e. The van der Waals surface area contributed by atoms with Gasteiger partial charge in [0.15, 0.2) is 0 Å². The van der Waals surface area contributed by atoms with Crippen LogP contribution >= 0.6 is 0 Å². The Bertz CT molecular complexity index is 344. The van der Waals surface area contributed by atoms with E-state index in [4.69, 9.17) is 4.74 Å². The third-order valence-electron chi connectivity index (χ3n) is 3.37. The maximum Gasteiger partial charge on any atom is 0.0911 e. The molecular weight excluding hydrogens is 226 g/mol. The van der Waals surface area contributed by atoms with E-state index < -0.39 is 0 Å². The van der Waals surface area contributed by atoms with Gasteiger partial charge in [-0.2, -0.15) is 0 Å². The van der Waals surface area contributed by atoms with E-state index in [1.807, 2.05) is 18.3 Å². The Labute approximate surface area is 109 Å². The van der Waals surface area contributed by atoms with Crippen molar-refractivity contribution in [2.24, 2.45) is 0 Å². The van der Waals surface area contributed by atoms with E-state index in [2.05, 4.69) is 35.2 Å². The molecule has 0 spiro atoms. The van der Waals surface area contributed by atoms with Gasteiger partial charge < -0.3 is 10.1 Å². The highest BCUT2D eigenvalue weighted by atomic mass is 16.5. The molecule has 1 aliphatic rings. The minimum atomic E-state index is 0.185. The molecule has 2 rings (SSSR count). The van der Waals surface area contributed by atoms with Gasteiger partial charge in [-0.05, 0) is 32.1 Å². The van der Waals surface area contributed by atoms with Gasteiger partial charge >= 0.3 is 0 Å². The summed E-state index contributed by atoms with van der Waals surface area (Å²) in [6, 6.07) is 6.34. The van der Waals surface area contributed by atoms with Crippen LogP contribution in [-0.4, -0.2) is 49.3 Å². The monoisotopic (exact) mass is 249 g/mol. The van der Waals surface area contributed by atoms with Crippen molar-refractivity contribution in [2.45, 2.75) is 25.5 Å². The number of ether oxygens (including phenoxy) is 1. The fraction of sp³-hybridized carbons (Fsp3) is 0.643. The fourth-order valence-corrected chi connectivity index (χ4v) is 2.42. The third-order valence-corrected chi connectivity index (χ3v) is 3.37. The second-order valence-corrected chi connectivity index (χ2v) is 4.79. The molecule has 0 aromatic carbocycles. The first-order valence-corrected chi connectivity index (χ1v) is 6.76. The molecule has 0 amide bonds. The largest absolute Gasteiger partial charge is 0.374 e. The molecule has 1 aliphatic heterocycles. The number of morpholine rings is 1. The summed E-state index contributed by atoms with van der Waals surface area (Å²) in [6.07, 6.45) is 3.19. The molecule has 0 saturated carbocycles. The first-order valence-electron chi connectivity index (χ1n) is 6.76. The van der Waals surface area contributed by atoms with Crippen LogP contribution in [0, 0.1) is 0 Å². The second kappa shape index (κ2) is 6.83. The standard InChI is InChI=1S/C14H23N3O/c1-3-7-15-11-13-14(17(2)9-10-18-13)12-6-4-5-8-16-12/h4-6,8,13-15H,3,7,9-11H2,1-2H3. The number of hydrogen-bond donors (Lipinski definition) is 1. The molecule has 0 aliphatic carbocycles. The van der Waals surface area contributed by atoms with Crippen LogP contribution in [0.25, 0.3) is 0 Å². The topological polar surface area (TPSA) is 37.4 Å². The van der Waals surface area contributed by atoms with Gasteiger partial charge in [-0.25, -0.2) is 0 Å². The number of nitrogens with zero attached hydrogens (tertiary/aromatic N) is 2. The first kappa shape index (κ1) is 13.5. The molecule has 1 saturated heterocycles. The summed E-state index contributed by atoms with van der Waals surface area (Å²) in [4.78, 5) is 6.82. The number of aromatic nitrogens is 1. The lowest BCUT2D eigenvalue weighted by Crippen LogP contribution is -2.47. The Morgan fingerprint density at radius 2 is 2.39 bits per heavy atom. The van der Waals surface area contributed by atoms with Crippen LogP contribution in [0.1, 0.15) is 25.1 Å². The van der Waals surface area contributed by atoms with Crippen molar-refractivity contribution in [3.8, 4) is 0 Å². The number of likely N-dealkylation sites (N-methyl/N-ethyl adjacent to an activating group) is 1. The van der Waals surface area contributed by atoms with Crippen molar-refractivity contribution in [1.82, 2.24) is 15.2 Å². The zero-order chi connectivity index (χ0) is 12.8. The normalized spacial score (nSPS) is 25.2. The Kier molecular flexibility index (Phi) is 5.11. The molecule has 100 valence electrons. The summed E-state index contributed by atoms with van der Waals surface area (Å²) in [6.45, 7) is 5.87. The van der Waals surface area contributed by atoms with Crippen molar-refractivity contribution in [1.29, 1.82) is 0 Å². The van der Waals surface area contributed by atoms with Crippen molar-refractivity contribution in [2.75, 3.05) is 33.3 Å². The lowest BCUT2D eigenvalue weighted by Gasteiger charge is -2.38. The summed E-state index contributed by atoms with van der Waals surface area (Å²) >= 11 is 0. The van der Waals surface area contributed by atoms with E-state index in [9.17, 15) is 0 Å². The molecule has 18 heavy (non-hydrogen) atoms. The number of rotatable bonds is 5. The van der Waals surface area contributed by atoms with Crippen molar-refractivity contribution in [3.05, 3.63) is 30.1 Å². The van der Waals surface area contributed by atoms with Gasteiger partial charge in [0.2, 0.25) is 0 Å². The van der Waals surface area contributed by atoms with Crippen LogP contribution in [0.3, 0.4) is 0 Å². The lowest BCUT2D eigenvalue weighted by atomic mass is 10.0. The van der Waals surface area contributed by atoms with Crippen LogP contribution in [0.15, 0.2) is 24.4 Å². The average molecular weight is 249 g/mol. The maximum absolute atomic E-state index is 5.92. The summed E-state index contributed by atoms with van der Waals surface area (Å²) in [5, 5.41) is 3.45. The molecule has 1 fully saturated rings. The quantitative estimate of drug-likeness (QED) is 0.802. The van der Waals surface area contributed by atoms with E-state index in [1.165, 1.54) is 0 Å². The molecule has 2 heterocycles. The van der Waals surface area contributed by atoms with Crippen LogP contribution in [0.5, 0.6) is 0 Å². The van der Waals surface area contributed by atoms with Crippen LogP contribution < -0.4 is 5.32 Å². The smallest absolute Gasteiger partial charge is 0.0911 e. The predicted octanol–water partition coefficient (Wildman–Crippen LogP) is 1.45. The summed E-state index contributed by atoms with van der Waals surface area (Å²) in [5.41, 5.74) is 1.10. The van der Waals surface area contributed by atoms with Crippen LogP contribution in [-0.2, 0) is 4.74 Å². The van der Waals surface area contributed by atoms with Gasteiger partial charge in [0.25, 0.3) is 0 Å². The maximum atomic E-state index is 5.92. The Balaban J connectivity index is 2.06. The molecule has 2 unspecified atom stereocenters. The van der Waals surface area contributed by atoms with E-state index in [0.717, 1.165) is 38.4 Å². The second-order valence-electron chi connectivity index (χ2n) is 4.79. The van der Waals surface area contributed by atoms with E-state index in [-0.39, 0.29) is 12.1 Å². The lowest BCUT2D eigenvalue weighted by molar-refractivity contribution is -0.0626. The first-order chi connectivity index (χ1) is 8.83. The fourth-order valence-electron chi connectivity index (χ4n) is 2.42. The minimum absolute atomic E-state index is 0.185. The predicted molar refractivity (Wildman–Crippen MR) is 72.5 cm³/mol. The Hall–Kier alpha value is -0.970. The van der Waals surface area contributed by atoms with Gasteiger partial charge in [0, 0.05) is 19.3 Å². The molecule has 2 atom stereocenters. The number of nitrogens with one attached hydrogen (secondary N) is 1.